The van der Waals surface area contributed by atoms with Crippen LogP contribution in [0.15, 0.2) is 64.5 Å². The number of benzene rings is 2. The van der Waals surface area contributed by atoms with Crippen molar-refractivity contribution in [1.82, 2.24) is 24.7 Å². The molecule has 4 aromatic rings. The summed E-state index contributed by atoms with van der Waals surface area (Å²) in [5, 5.41) is 8.37. The quantitative estimate of drug-likeness (QED) is 0.540. The van der Waals surface area contributed by atoms with E-state index in [1.54, 1.807) is 17.7 Å². The van der Waals surface area contributed by atoms with Crippen molar-refractivity contribution in [1.29, 1.82) is 0 Å². The molecule has 0 saturated heterocycles. The summed E-state index contributed by atoms with van der Waals surface area (Å²) in [6.07, 6.45) is 3.86. The van der Waals surface area contributed by atoms with Gasteiger partial charge >= 0.3 is 0 Å². The first-order valence-corrected chi connectivity index (χ1v) is 9.42. The number of H-pyrrole nitrogens is 1. The summed E-state index contributed by atoms with van der Waals surface area (Å²) >= 11 is 1.44. The molecule has 0 radical (unpaired) electrons. The van der Waals surface area contributed by atoms with Crippen molar-refractivity contribution in [3.8, 4) is 0 Å². The minimum Gasteiger partial charge on any atom is -0.299 e. The van der Waals surface area contributed by atoms with Gasteiger partial charge in [0, 0.05) is 7.05 Å². The summed E-state index contributed by atoms with van der Waals surface area (Å²) in [6.45, 7) is 0. The largest absolute Gasteiger partial charge is 0.299 e. The van der Waals surface area contributed by atoms with Crippen LogP contribution in [0.4, 0.5) is 0 Å². The number of hydrogen-bond donors (Lipinski definition) is 1. The maximum absolute atomic E-state index is 12.5. The summed E-state index contributed by atoms with van der Waals surface area (Å²) in [7, 11) is 1.74. The van der Waals surface area contributed by atoms with Gasteiger partial charge in [0.25, 0.3) is 5.56 Å². The topological polar surface area (TPSA) is 76.5 Å². The Morgan fingerprint density at radius 2 is 1.81 bits per heavy atom. The molecule has 0 unspecified atom stereocenters. The second-order valence-electron chi connectivity index (χ2n) is 5.95. The maximum atomic E-state index is 12.5. The van der Waals surface area contributed by atoms with E-state index >= 15 is 0 Å². The molecule has 0 fully saturated rings. The van der Waals surface area contributed by atoms with Crippen LogP contribution in [0, 0.1) is 0 Å². The average Bonchev–Trinajstić information content (AvgIpc) is 3.17. The summed E-state index contributed by atoms with van der Waals surface area (Å²) in [6, 6.07) is 17.4. The van der Waals surface area contributed by atoms with Gasteiger partial charge in [-0.15, -0.1) is 5.10 Å². The van der Waals surface area contributed by atoms with E-state index in [9.17, 15) is 4.79 Å². The maximum Gasteiger partial charge on any atom is 0.261 e. The zero-order chi connectivity index (χ0) is 18.6. The van der Waals surface area contributed by atoms with Crippen LogP contribution in [-0.2, 0) is 12.8 Å². The highest BCUT2D eigenvalue weighted by atomic mass is 32.2. The molecule has 0 aliphatic carbocycles. The number of hydrogen-bond acceptors (Lipinski definition) is 5. The van der Waals surface area contributed by atoms with Crippen molar-refractivity contribution < 1.29 is 0 Å². The Morgan fingerprint density at radius 1 is 1.04 bits per heavy atom. The Hall–Kier alpha value is -3.19. The molecule has 6 nitrogen and oxygen atoms in total. The molecule has 2 aromatic carbocycles. The predicted octanol–water partition coefficient (Wildman–Crippen LogP) is 3.51. The highest BCUT2D eigenvalue weighted by molar-refractivity contribution is 7.98. The van der Waals surface area contributed by atoms with E-state index in [2.05, 4.69) is 20.2 Å². The van der Waals surface area contributed by atoms with Crippen LogP contribution in [0.2, 0.25) is 0 Å². The zero-order valence-corrected chi connectivity index (χ0v) is 15.5. The van der Waals surface area contributed by atoms with Crippen molar-refractivity contribution in [3.63, 3.8) is 0 Å². The molecule has 0 atom stereocenters. The summed E-state index contributed by atoms with van der Waals surface area (Å²) in [5.74, 6) is 1.88. The van der Waals surface area contributed by atoms with Crippen LogP contribution >= 0.6 is 11.8 Å². The Labute approximate surface area is 160 Å². The lowest BCUT2D eigenvalue weighted by atomic mass is 10.2. The Morgan fingerprint density at radius 3 is 2.67 bits per heavy atom. The van der Waals surface area contributed by atoms with Crippen LogP contribution < -0.4 is 5.56 Å². The van der Waals surface area contributed by atoms with E-state index in [0.29, 0.717) is 33.5 Å². The minimum atomic E-state index is -0.0438. The van der Waals surface area contributed by atoms with Crippen molar-refractivity contribution in [3.05, 3.63) is 82.2 Å². The van der Waals surface area contributed by atoms with Gasteiger partial charge in [-0.05, 0) is 23.8 Å². The van der Waals surface area contributed by atoms with Crippen LogP contribution in [0.25, 0.3) is 23.1 Å². The highest BCUT2D eigenvalue weighted by Gasteiger charge is 2.10. The van der Waals surface area contributed by atoms with Gasteiger partial charge in [0.2, 0.25) is 5.16 Å². The molecule has 1 N–H and O–H groups in total. The van der Waals surface area contributed by atoms with Crippen molar-refractivity contribution >= 4 is 34.8 Å². The van der Waals surface area contributed by atoms with E-state index < -0.39 is 0 Å². The lowest BCUT2D eigenvalue weighted by molar-refractivity contribution is 0.784. The van der Waals surface area contributed by atoms with Gasteiger partial charge in [0.1, 0.15) is 11.6 Å². The van der Waals surface area contributed by atoms with Crippen molar-refractivity contribution in [2.75, 3.05) is 0 Å². The normalized spacial score (nSPS) is 11.4. The molecular formula is C20H17N5OS. The van der Waals surface area contributed by atoms with Crippen LogP contribution in [-0.4, -0.2) is 24.7 Å². The second kappa shape index (κ2) is 7.59. The third kappa shape index (κ3) is 3.83. The molecule has 27 heavy (non-hydrogen) atoms. The summed E-state index contributed by atoms with van der Waals surface area (Å²) in [5.41, 5.74) is 1.76. The molecule has 0 saturated carbocycles. The molecular weight excluding hydrogens is 358 g/mol. The summed E-state index contributed by atoms with van der Waals surface area (Å²) in [4.78, 5) is 21.5. The number of aromatic nitrogens is 5. The molecule has 2 heterocycles. The number of para-hydroxylation sites is 1. The first-order valence-electron chi connectivity index (χ1n) is 8.44. The first kappa shape index (κ1) is 17.2. The molecule has 0 aliphatic rings. The third-order valence-electron chi connectivity index (χ3n) is 4.12. The molecule has 7 heteroatoms. The fourth-order valence-electron chi connectivity index (χ4n) is 2.66. The summed E-state index contributed by atoms with van der Waals surface area (Å²) < 4.78 is 1.58. The van der Waals surface area contributed by atoms with Gasteiger partial charge in [-0.25, -0.2) is 9.97 Å². The molecule has 2 aromatic heterocycles. The molecule has 0 amide bonds. The van der Waals surface area contributed by atoms with Gasteiger partial charge in [-0.2, -0.15) is 0 Å². The van der Waals surface area contributed by atoms with Gasteiger partial charge in [-0.3, -0.25) is 14.5 Å². The van der Waals surface area contributed by atoms with Crippen molar-refractivity contribution in [2.45, 2.75) is 10.9 Å². The lowest BCUT2D eigenvalue weighted by Crippen LogP contribution is -2.21. The van der Waals surface area contributed by atoms with Crippen LogP contribution in [0.1, 0.15) is 17.2 Å². The van der Waals surface area contributed by atoms with Crippen molar-refractivity contribution in [2.24, 2.45) is 7.05 Å². The molecule has 0 aliphatic heterocycles. The van der Waals surface area contributed by atoms with E-state index in [4.69, 9.17) is 0 Å². The van der Waals surface area contributed by atoms with Gasteiger partial charge in [0.15, 0.2) is 0 Å². The van der Waals surface area contributed by atoms with Crippen LogP contribution in [0.5, 0.6) is 0 Å². The zero-order valence-electron chi connectivity index (χ0n) is 14.7. The van der Waals surface area contributed by atoms with Crippen LogP contribution in [0.3, 0.4) is 0 Å². The Kier molecular flexibility index (Phi) is 4.84. The Balaban J connectivity index is 1.49. The fourth-order valence-corrected chi connectivity index (χ4v) is 3.45. The number of fused-ring (bicyclic) bond motifs is 1. The molecule has 0 bridgehead atoms. The standard InChI is InChI=1S/C20H17N5OS/c1-25-18(21-16-10-6-5-9-15(16)19(25)26)13-27-20-22-17(23-24-20)12-11-14-7-3-2-4-8-14/h2-12H,13H2,1H3,(H,22,23,24)/b12-11+. The number of nitrogens with zero attached hydrogens (tertiary/aromatic N) is 4. The van der Waals surface area contributed by atoms with Gasteiger partial charge in [0.05, 0.1) is 16.7 Å². The number of thioether (sulfide) groups is 1. The highest BCUT2D eigenvalue weighted by Crippen LogP contribution is 2.19. The second-order valence-corrected chi connectivity index (χ2v) is 6.89. The van der Waals surface area contributed by atoms with Gasteiger partial charge in [-0.1, -0.05) is 60.3 Å². The number of aromatic amines is 1. The smallest absolute Gasteiger partial charge is 0.261 e. The minimum absolute atomic E-state index is 0.0438. The molecule has 0 spiro atoms. The first-order chi connectivity index (χ1) is 13.2. The van der Waals surface area contributed by atoms with E-state index in [1.807, 2.05) is 60.7 Å². The Bertz CT molecular complexity index is 1160. The van der Waals surface area contributed by atoms with E-state index in [-0.39, 0.29) is 5.56 Å². The third-order valence-corrected chi connectivity index (χ3v) is 4.96. The van der Waals surface area contributed by atoms with E-state index in [0.717, 1.165) is 5.56 Å². The fraction of sp³-hybridized carbons (Fsp3) is 0.100. The number of rotatable bonds is 5. The molecule has 134 valence electrons. The average molecular weight is 375 g/mol. The number of nitrogens with one attached hydrogen (secondary N) is 1. The monoisotopic (exact) mass is 375 g/mol. The molecule has 4 rings (SSSR count). The predicted molar refractivity (Wildman–Crippen MR) is 108 cm³/mol. The van der Waals surface area contributed by atoms with E-state index in [1.165, 1.54) is 11.8 Å². The van der Waals surface area contributed by atoms with Gasteiger partial charge < -0.3 is 0 Å². The lowest BCUT2D eigenvalue weighted by Gasteiger charge is -2.07. The SMILES string of the molecule is Cn1c(CSc2n[nH]c(/C=C/c3ccccc3)n2)nc2ccccc2c1=O.